The number of pyridine rings is 2. The van der Waals surface area contributed by atoms with Gasteiger partial charge in [0.15, 0.2) is 0 Å². The highest BCUT2D eigenvalue weighted by Crippen LogP contribution is 2.44. The van der Waals surface area contributed by atoms with E-state index in [0.717, 1.165) is 34.0 Å². The topological polar surface area (TPSA) is 66.5 Å². The molecule has 0 bridgehead atoms. The van der Waals surface area contributed by atoms with Gasteiger partial charge in [-0.3, -0.25) is 4.98 Å². The molecule has 3 aromatic heterocycles. The summed E-state index contributed by atoms with van der Waals surface area (Å²) in [5.41, 5.74) is 4.98. The number of H-pyrrole nitrogens is 1. The van der Waals surface area contributed by atoms with Gasteiger partial charge in [0, 0.05) is 29.7 Å². The van der Waals surface area contributed by atoms with Crippen LogP contribution in [0.5, 0.6) is 0 Å². The summed E-state index contributed by atoms with van der Waals surface area (Å²) in [4.78, 5) is 16.9. The predicted octanol–water partition coefficient (Wildman–Crippen LogP) is 5.56. The number of anilines is 2. The van der Waals surface area contributed by atoms with Gasteiger partial charge in [0.1, 0.15) is 17.3 Å². The van der Waals surface area contributed by atoms with Crippen molar-refractivity contribution in [1.82, 2.24) is 19.9 Å². The van der Waals surface area contributed by atoms with Crippen LogP contribution in [-0.2, 0) is 0 Å². The smallest absolute Gasteiger partial charge is 0.141 e. The van der Waals surface area contributed by atoms with Crippen molar-refractivity contribution in [3.05, 3.63) is 65.0 Å². The number of rotatable bonds is 1. The maximum atomic E-state index is 6.38. The molecule has 0 unspecified atom stereocenters. The number of imidazole rings is 1. The molecule has 126 valence electrons. The summed E-state index contributed by atoms with van der Waals surface area (Å²) in [7, 11) is 0. The zero-order valence-electron chi connectivity index (χ0n) is 13.3. The molecule has 0 aliphatic carbocycles. The summed E-state index contributed by atoms with van der Waals surface area (Å²) in [6.45, 7) is 0. The van der Waals surface area contributed by atoms with Crippen LogP contribution in [0, 0.1) is 0 Å². The lowest BCUT2D eigenvalue weighted by molar-refractivity contribution is 1.27. The van der Waals surface area contributed by atoms with Gasteiger partial charge in [-0.2, -0.15) is 0 Å². The van der Waals surface area contributed by atoms with Crippen molar-refractivity contribution in [2.45, 2.75) is 0 Å². The third-order valence-corrected chi connectivity index (χ3v) is 4.94. The molecule has 0 radical (unpaired) electrons. The first-order chi connectivity index (χ1) is 12.7. The lowest BCUT2D eigenvalue weighted by atomic mass is 10.1. The molecule has 0 saturated heterocycles. The first-order valence-electron chi connectivity index (χ1n) is 7.93. The molecular formula is C19H11Cl2N5. The van der Waals surface area contributed by atoms with Gasteiger partial charge in [0.2, 0.25) is 0 Å². The normalized spacial score (nSPS) is 11.8. The Morgan fingerprint density at radius 2 is 1.73 bits per heavy atom. The van der Waals surface area contributed by atoms with Gasteiger partial charge in [0.25, 0.3) is 0 Å². The number of fused-ring (bicyclic) bond motifs is 5. The van der Waals surface area contributed by atoms with Gasteiger partial charge >= 0.3 is 0 Å². The van der Waals surface area contributed by atoms with Crippen molar-refractivity contribution >= 4 is 34.7 Å². The second kappa shape index (κ2) is 5.83. The molecule has 1 aliphatic heterocycles. The first kappa shape index (κ1) is 15.4. The van der Waals surface area contributed by atoms with Gasteiger partial charge in [-0.1, -0.05) is 29.3 Å². The number of nitrogens with one attached hydrogen (secondary N) is 2. The number of aromatic nitrogens is 4. The summed E-state index contributed by atoms with van der Waals surface area (Å²) >= 11 is 12.8. The number of hydrogen-bond donors (Lipinski definition) is 2. The monoisotopic (exact) mass is 379 g/mol. The molecule has 0 spiro atoms. The molecule has 0 atom stereocenters. The summed E-state index contributed by atoms with van der Waals surface area (Å²) in [5, 5.41) is 4.43. The van der Waals surface area contributed by atoms with Crippen LogP contribution >= 0.6 is 23.2 Å². The van der Waals surface area contributed by atoms with Gasteiger partial charge in [-0.25, -0.2) is 9.97 Å². The molecule has 0 amide bonds. The Kier molecular flexibility index (Phi) is 3.45. The van der Waals surface area contributed by atoms with E-state index in [1.807, 2.05) is 24.3 Å². The Labute approximate surface area is 159 Å². The fraction of sp³-hybridized carbons (Fsp3) is 0. The van der Waals surface area contributed by atoms with Crippen LogP contribution in [0.2, 0.25) is 10.0 Å². The van der Waals surface area contributed by atoms with Crippen LogP contribution in [0.3, 0.4) is 0 Å². The Hall–Kier alpha value is -2.89. The van der Waals surface area contributed by atoms with E-state index < -0.39 is 0 Å². The lowest BCUT2D eigenvalue weighted by Gasteiger charge is -2.08. The molecule has 7 heteroatoms. The standard InChI is InChI=1S/C19H11Cl2N5/c20-12-4-1-5-13(21)15(12)19-25-16-10-3-2-7-23-18(10)24-14-6-8-22-9-11(14)17(16)26-19/h1-9H,(H,23,24)(H,25,26). The maximum Gasteiger partial charge on any atom is 0.141 e. The largest absolute Gasteiger partial charge is 0.339 e. The summed E-state index contributed by atoms with van der Waals surface area (Å²) in [5.74, 6) is 1.36. The third kappa shape index (κ3) is 2.29. The van der Waals surface area contributed by atoms with Gasteiger partial charge in [0.05, 0.1) is 27.0 Å². The Morgan fingerprint density at radius 1 is 0.885 bits per heavy atom. The van der Waals surface area contributed by atoms with E-state index in [1.54, 1.807) is 30.7 Å². The van der Waals surface area contributed by atoms with Crippen LogP contribution in [0.1, 0.15) is 0 Å². The minimum atomic E-state index is 0.539. The molecule has 4 aromatic rings. The minimum absolute atomic E-state index is 0.539. The van der Waals surface area contributed by atoms with E-state index in [-0.39, 0.29) is 0 Å². The van der Waals surface area contributed by atoms with Crippen LogP contribution in [-0.4, -0.2) is 19.9 Å². The molecular weight excluding hydrogens is 369 g/mol. The molecule has 5 nitrogen and oxygen atoms in total. The molecule has 0 saturated carbocycles. The molecule has 2 N–H and O–H groups in total. The molecule has 0 fully saturated rings. The molecule has 1 aromatic carbocycles. The van der Waals surface area contributed by atoms with Crippen LogP contribution in [0.25, 0.3) is 33.9 Å². The quantitative estimate of drug-likeness (QED) is 0.399. The summed E-state index contributed by atoms with van der Waals surface area (Å²) in [6.07, 6.45) is 5.27. The number of hydrogen-bond acceptors (Lipinski definition) is 4. The highest BCUT2D eigenvalue weighted by Gasteiger charge is 2.25. The van der Waals surface area contributed by atoms with Crippen LogP contribution in [0.4, 0.5) is 11.5 Å². The zero-order chi connectivity index (χ0) is 17.7. The van der Waals surface area contributed by atoms with E-state index in [9.17, 15) is 0 Å². The molecule has 5 rings (SSSR count). The zero-order valence-corrected chi connectivity index (χ0v) is 14.8. The second-order valence-electron chi connectivity index (χ2n) is 5.85. The van der Waals surface area contributed by atoms with Gasteiger partial charge in [-0.05, 0) is 30.3 Å². The van der Waals surface area contributed by atoms with Crippen LogP contribution in [0.15, 0.2) is 55.0 Å². The Morgan fingerprint density at radius 3 is 2.58 bits per heavy atom. The van der Waals surface area contributed by atoms with Gasteiger partial charge in [-0.15, -0.1) is 0 Å². The maximum absolute atomic E-state index is 6.38. The van der Waals surface area contributed by atoms with Crippen molar-refractivity contribution in [2.24, 2.45) is 0 Å². The van der Waals surface area contributed by atoms with Crippen molar-refractivity contribution in [2.75, 3.05) is 5.32 Å². The molecule has 1 aliphatic rings. The number of nitrogens with zero attached hydrogens (tertiary/aromatic N) is 3. The second-order valence-corrected chi connectivity index (χ2v) is 6.67. The van der Waals surface area contributed by atoms with E-state index in [4.69, 9.17) is 28.2 Å². The van der Waals surface area contributed by atoms with E-state index in [1.165, 1.54) is 0 Å². The van der Waals surface area contributed by atoms with Crippen molar-refractivity contribution in [1.29, 1.82) is 0 Å². The number of benzene rings is 1. The number of aromatic amines is 1. The fourth-order valence-corrected chi connectivity index (χ4v) is 3.71. The van der Waals surface area contributed by atoms with E-state index >= 15 is 0 Å². The van der Waals surface area contributed by atoms with E-state index in [0.29, 0.717) is 21.4 Å². The first-order valence-corrected chi connectivity index (χ1v) is 8.69. The fourth-order valence-electron chi connectivity index (χ4n) is 3.13. The minimum Gasteiger partial charge on any atom is -0.339 e. The molecule has 26 heavy (non-hydrogen) atoms. The average molecular weight is 380 g/mol. The summed E-state index contributed by atoms with van der Waals surface area (Å²) < 4.78 is 0. The van der Waals surface area contributed by atoms with Crippen molar-refractivity contribution in [3.63, 3.8) is 0 Å². The van der Waals surface area contributed by atoms with Crippen molar-refractivity contribution < 1.29 is 0 Å². The lowest BCUT2D eigenvalue weighted by Crippen LogP contribution is -1.95. The van der Waals surface area contributed by atoms with Gasteiger partial charge < -0.3 is 10.3 Å². The third-order valence-electron chi connectivity index (χ3n) is 4.31. The Bertz CT molecular complexity index is 1070. The highest BCUT2D eigenvalue weighted by molar-refractivity contribution is 6.39. The molecule has 4 heterocycles. The van der Waals surface area contributed by atoms with E-state index in [2.05, 4.69) is 20.3 Å². The summed E-state index contributed by atoms with van der Waals surface area (Å²) in [6, 6.07) is 11.2. The Balaban J connectivity index is 1.84. The van der Waals surface area contributed by atoms with Crippen LogP contribution < -0.4 is 5.32 Å². The highest BCUT2D eigenvalue weighted by atomic mass is 35.5. The SMILES string of the molecule is Clc1cccc(Cl)c1-c1nc2c([nH]1)-c1cccnc1Nc1ccncc1-2. The average Bonchev–Trinajstić information content (AvgIpc) is 3.02. The van der Waals surface area contributed by atoms with Crippen molar-refractivity contribution in [3.8, 4) is 33.9 Å². The number of halogens is 2. The predicted molar refractivity (Wildman–Crippen MR) is 104 cm³/mol.